The van der Waals surface area contributed by atoms with Crippen molar-refractivity contribution < 1.29 is 9.21 Å². The van der Waals surface area contributed by atoms with Crippen LogP contribution in [0.4, 0.5) is 0 Å². The third-order valence-electron chi connectivity index (χ3n) is 4.89. The van der Waals surface area contributed by atoms with E-state index in [1.54, 1.807) is 12.4 Å². The quantitative estimate of drug-likeness (QED) is 0.796. The second-order valence-corrected chi connectivity index (χ2v) is 7.45. The van der Waals surface area contributed by atoms with Crippen LogP contribution in [0.5, 0.6) is 0 Å². The minimum atomic E-state index is 0.0911. The van der Waals surface area contributed by atoms with Crippen molar-refractivity contribution in [2.24, 2.45) is 5.92 Å². The fourth-order valence-electron chi connectivity index (χ4n) is 3.49. The first-order chi connectivity index (χ1) is 12.6. The maximum atomic E-state index is 12.1. The molecule has 1 unspecified atom stereocenters. The second-order valence-electron chi connectivity index (χ2n) is 7.04. The van der Waals surface area contributed by atoms with Crippen LogP contribution in [0.25, 0.3) is 0 Å². The number of hydrogen-bond donors (Lipinski definition) is 1. The van der Waals surface area contributed by atoms with Crippen LogP contribution >= 0.6 is 11.6 Å². The lowest BCUT2D eigenvalue weighted by atomic mass is 9.93. The molecule has 3 rings (SSSR count). The number of halogens is 1. The third-order valence-corrected chi connectivity index (χ3v) is 5.23. The summed E-state index contributed by atoms with van der Waals surface area (Å²) in [6.45, 7) is 5.31. The molecule has 2 aromatic rings. The number of piperidine rings is 1. The number of aromatic nitrogens is 1. The number of nitrogens with one attached hydrogen (secondary N) is 1. The highest BCUT2D eigenvalue weighted by molar-refractivity contribution is 6.31. The average molecular weight is 376 g/mol. The van der Waals surface area contributed by atoms with E-state index in [2.05, 4.69) is 15.2 Å². The Morgan fingerprint density at radius 1 is 1.42 bits per heavy atom. The van der Waals surface area contributed by atoms with Gasteiger partial charge in [-0.2, -0.15) is 0 Å². The summed E-state index contributed by atoms with van der Waals surface area (Å²) >= 11 is 6.22. The standard InChI is InChI=1S/C20H26ClN3O2/c1-15-4-6-18(26-15)11-23-20(25)7-5-16-3-2-10-24(13-16)14-17-8-9-22-12-19(17)21/h4,6,8-9,12,16H,2-3,5,7,10-11,13-14H2,1H3,(H,23,25). The lowest BCUT2D eigenvalue weighted by Crippen LogP contribution is -2.35. The summed E-state index contributed by atoms with van der Waals surface area (Å²) in [5.74, 6) is 2.31. The van der Waals surface area contributed by atoms with Gasteiger partial charge in [-0.25, -0.2) is 0 Å². The molecule has 5 nitrogen and oxygen atoms in total. The molecule has 1 atom stereocenters. The van der Waals surface area contributed by atoms with Gasteiger partial charge in [-0.05, 0) is 62.4 Å². The molecule has 2 aromatic heterocycles. The number of likely N-dealkylation sites (tertiary alicyclic amines) is 1. The molecule has 1 N–H and O–H groups in total. The Labute approximate surface area is 159 Å². The van der Waals surface area contributed by atoms with Crippen LogP contribution in [0.1, 0.15) is 42.8 Å². The Morgan fingerprint density at radius 2 is 2.31 bits per heavy atom. The van der Waals surface area contributed by atoms with Crippen molar-refractivity contribution in [2.45, 2.75) is 45.7 Å². The highest BCUT2D eigenvalue weighted by atomic mass is 35.5. The predicted octanol–water partition coefficient (Wildman–Crippen LogP) is 3.95. The van der Waals surface area contributed by atoms with E-state index < -0.39 is 0 Å². The van der Waals surface area contributed by atoms with E-state index in [1.807, 2.05) is 25.1 Å². The van der Waals surface area contributed by atoms with Crippen LogP contribution in [0, 0.1) is 12.8 Å². The molecular weight excluding hydrogens is 350 g/mol. The van der Waals surface area contributed by atoms with Gasteiger partial charge in [0.2, 0.25) is 5.91 Å². The van der Waals surface area contributed by atoms with Crippen LogP contribution in [-0.4, -0.2) is 28.9 Å². The Bertz CT molecular complexity index is 731. The van der Waals surface area contributed by atoms with E-state index >= 15 is 0 Å². The number of furan rings is 1. The first-order valence-corrected chi connectivity index (χ1v) is 9.60. The zero-order valence-corrected chi connectivity index (χ0v) is 16.0. The molecule has 0 bridgehead atoms. The van der Waals surface area contributed by atoms with Crippen LogP contribution in [-0.2, 0) is 17.9 Å². The molecule has 0 aromatic carbocycles. The molecule has 1 amide bonds. The van der Waals surface area contributed by atoms with Gasteiger partial charge in [-0.15, -0.1) is 0 Å². The molecule has 26 heavy (non-hydrogen) atoms. The zero-order chi connectivity index (χ0) is 18.4. The normalized spacial score (nSPS) is 18.0. The molecule has 0 radical (unpaired) electrons. The summed E-state index contributed by atoms with van der Waals surface area (Å²) in [6, 6.07) is 5.79. The van der Waals surface area contributed by atoms with Gasteiger partial charge >= 0.3 is 0 Å². The smallest absolute Gasteiger partial charge is 0.220 e. The molecule has 1 aliphatic rings. The number of rotatable bonds is 7. The maximum Gasteiger partial charge on any atom is 0.220 e. The van der Waals surface area contributed by atoms with Crippen LogP contribution in [0.3, 0.4) is 0 Å². The molecule has 3 heterocycles. The largest absolute Gasteiger partial charge is 0.465 e. The first-order valence-electron chi connectivity index (χ1n) is 9.23. The van der Waals surface area contributed by atoms with Gasteiger partial charge in [0.15, 0.2) is 0 Å². The minimum Gasteiger partial charge on any atom is -0.465 e. The summed E-state index contributed by atoms with van der Waals surface area (Å²) in [5.41, 5.74) is 1.12. The van der Waals surface area contributed by atoms with E-state index in [0.717, 1.165) is 48.2 Å². The van der Waals surface area contributed by atoms with Gasteiger partial charge < -0.3 is 9.73 Å². The number of aryl methyl sites for hydroxylation is 1. The Morgan fingerprint density at radius 3 is 3.08 bits per heavy atom. The van der Waals surface area contributed by atoms with Gasteiger partial charge in [-0.1, -0.05) is 11.6 Å². The third kappa shape index (κ3) is 5.58. The van der Waals surface area contributed by atoms with Gasteiger partial charge in [0.05, 0.1) is 11.6 Å². The first kappa shape index (κ1) is 18.9. The van der Waals surface area contributed by atoms with Gasteiger partial charge in [0.1, 0.15) is 11.5 Å². The summed E-state index contributed by atoms with van der Waals surface area (Å²) in [7, 11) is 0. The molecule has 0 spiro atoms. The Hall–Kier alpha value is -1.85. The van der Waals surface area contributed by atoms with Gasteiger partial charge in [0, 0.05) is 31.9 Å². The lowest BCUT2D eigenvalue weighted by Gasteiger charge is -2.32. The number of amides is 1. The van der Waals surface area contributed by atoms with Gasteiger partial charge in [0.25, 0.3) is 0 Å². The van der Waals surface area contributed by atoms with Crippen molar-refractivity contribution in [1.29, 1.82) is 0 Å². The molecule has 140 valence electrons. The maximum absolute atomic E-state index is 12.1. The fraction of sp³-hybridized carbons (Fsp3) is 0.500. The zero-order valence-electron chi connectivity index (χ0n) is 15.2. The van der Waals surface area contributed by atoms with Crippen molar-refractivity contribution in [1.82, 2.24) is 15.2 Å². The van der Waals surface area contributed by atoms with E-state index in [9.17, 15) is 4.79 Å². The topological polar surface area (TPSA) is 58.4 Å². The van der Waals surface area contributed by atoms with Crippen LogP contribution < -0.4 is 5.32 Å². The highest BCUT2D eigenvalue weighted by Gasteiger charge is 2.21. The molecule has 6 heteroatoms. The van der Waals surface area contributed by atoms with Crippen molar-refractivity contribution in [3.8, 4) is 0 Å². The van der Waals surface area contributed by atoms with Crippen LogP contribution in [0.2, 0.25) is 5.02 Å². The number of nitrogens with zero attached hydrogens (tertiary/aromatic N) is 2. The molecule has 1 aliphatic heterocycles. The van der Waals surface area contributed by atoms with Crippen molar-refractivity contribution in [3.05, 3.63) is 52.7 Å². The van der Waals surface area contributed by atoms with E-state index in [0.29, 0.717) is 18.9 Å². The number of carbonyl (C=O) groups is 1. The lowest BCUT2D eigenvalue weighted by molar-refractivity contribution is -0.121. The summed E-state index contributed by atoms with van der Waals surface area (Å²) in [6.07, 6.45) is 7.32. The van der Waals surface area contributed by atoms with E-state index in [4.69, 9.17) is 16.0 Å². The molecule has 0 saturated carbocycles. The van der Waals surface area contributed by atoms with Crippen molar-refractivity contribution >= 4 is 17.5 Å². The second kappa shape index (κ2) is 9.19. The van der Waals surface area contributed by atoms with Crippen LogP contribution in [0.15, 0.2) is 35.0 Å². The summed E-state index contributed by atoms with van der Waals surface area (Å²) < 4.78 is 5.47. The van der Waals surface area contributed by atoms with Crippen molar-refractivity contribution in [2.75, 3.05) is 13.1 Å². The molecule has 0 aliphatic carbocycles. The Balaban J connectivity index is 1.40. The number of hydrogen-bond acceptors (Lipinski definition) is 4. The summed E-state index contributed by atoms with van der Waals surface area (Å²) in [4.78, 5) is 18.6. The fourth-order valence-corrected chi connectivity index (χ4v) is 3.67. The SMILES string of the molecule is Cc1ccc(CNC(=O)CCC2CCCN(Cc3ccncc3Cl)C2)o1. The highest BCUT2D eigenvalue weighted by Crippen LogP contribution is 2.24. The van der Waals surface area contributed by atoms with E-state index in [1.165, 1.54) is 12.8 Å². The summed E-state index contributed by atoms with van der Waals surface area (Å²) in [5, 5.41) is 3.66. The average Bonchev–Trinajstić information content (AvgIpc) is 3.06. The predicted molar refractivity (Wildman–Crippen MR) is 102 cm³/mol. The van der Waals surface area contributed by atoms with Gasteiger partial charge in [-0.3, -0.25) is 14.7 Å². The van der Waals surface area contributed by atoms with Crippen molar-refractivity contribution in [3.63, 3.8) is 0 Å². The minimum absolute atomic E-state index is 0.0911. The monoisotopic (exact) mass is 375 g/mol. The molecule has 1 fully saturated rings. The molecular formula is C20H26ClN3O2. The number of pyridine rings is 1. The Kier molecular flexibility index (Phi) is 6.69. The number of carbonyl (C=O) groups excluding carboxylic acids is 1. The van der Waals surface area contributed by atoms with E-state index in [-0.39, 0.29) is 5.91 Å². The molecule has 1 saturated heterocycles.